The van der Waals surface area contributed by atoms with E-state index in [0.29, 0.717) is 30.2 Å². The summed E-state index contributed by atoms with van der Waals surface area (Å²) in [4.78, 5) is 26.5. The van der Waals surface area contributed by atoms with Crippen LogP contribution in [0.1, 0.15) is 12.8 Å². The molecule has 6 heteroatoms. The summed E-state index contributed by atoms with van der Waals surface area (Å²) in [6.07, 6.45) is 1.86. The van der Waals surface area contributed by atoms with Crippen molar-refractivity contribution in [3.63, 3.8) is 0 Å². The van der Waals surface area contributed by atoms with E-state index in [0.717, 1.165) is 12.8 Å². The number of amides is 2. The molecule has 0 bridgehead atoms. The fraction of sp³-hybridized carbons (Fsp3) is 0.263. The zero-order chi connectivity index (χ0) is 17.6. The highest BCUT2D eigenvalue weighted by Crippen LogP contribution is 2.26. The number of ether oxygens (including phenoxy) is 1. The van der Waals surface area contributed by atoms with Gasteiger partial charge in [-0.3, -0.25) is 14.5 Å². The molecular formula is C19H21N3O3. The maximum Gasteiger partial charge on any atom is 0.320 e. The predicted molar refractivity (Wildman–Crippen MR) is 96.4 cm³/mol. The lowest BCUT2D eigenvalue weighted by molar-refractivity contribution is -0.137. The zero-order valence-electron chi connectivity index (χ0n) is 13.9. The number of hydrogen-bond donors (Lipinski definition) is 2. The molecule has 1 aliphatic rings. The Balaban J connectivity index is 1.79. The first-order valence-corrected chi connectivity index (χ1v) is 8.29. The molecule has 2 amide bonds. The van der Waals surface area contributed by atoms with Crippen molar-refractivity contribution in [3.05, 3.63) is 54.6 Å². The second-order valence-electron chi connectivity index (χ2n) is 5.91. The van der Waals surface area contributed by atoms with Gasteiger partial charge in [-0.2, -0.15) is 0 Å². The minimum Gasteiger partial charge on any atom is -0.399 e. The topological polar surface area (TPSA) is 84.7 Å². The summed E-state index contributed by atoms with van der Waals surface area (Å²) in [7, 11) is 0. The van der Waals surface area contributed by atoms with E-state index in [1.165, 1.54) is 4.90 Å². The number of anilines is 3. The molecule has 25 heavy (non-hydrogen) atoms. The summed E-state index contributed by atoms with van der Waals surface area (Å²) in [5, 5.41) is 2.68. The van der Waals surface area contributed by atoms with E-state index in [1.807, 2.05) is 18.2 Å². The van der Waals surface area contributed by atoms with E-state index >= 15 is 0 Å². The van der Waals surface area contributed by atoms with Crippen molar-refractivity contribution in [2.75, 3.05) is 23.8 Å². The zero-order valence-corrected chi connectivity index (χ0v) is 13.9. The fourth-order valence-corrected chi connectivity index (χ4v) is 2.77. The minimum atomic E-state index is -0.656. The average Bonchev–Trinajstić information content (AvgIpc) is 3.16. The lowest BCUT2D eigenvalue weighted by Gasteiger charge is -2.23. The van der Waals surface area contributed by atoms with Gasteiger partial charge in [0, 0.05) is 30.2 Å². The molecule has 0 saturated carbocycles. The smallest absolute Gasteiger partial charge is 0.320 e. The minimum absolute atomic E-state index is 0.0153. The number of nitrogens with one attached hydrogen (secondary N) is 1. The van der Waals surface area contributed by atoms with Gasteiger partial charge in [0.2, 0.25) is 0 Å². The van der Waals surface area contributed by atoms with Crippen LogP contribution in [0.5, 0.6) is 0 Å². The van der Waals surface area contributed by atoms with Gasteiger partial charge in [0.25, 0.3) is 0 Å². The van der Waals surface area contributed by atoms with E-state index in [9.17, 15) is 9.59 Å². The molecule has 0 spiro atoms. The summed E-state index contributed by atoms with van der Waals surface area (Å²) < 4.78 is 5.47. The predicted octanol–water partition coefficient (Wildman–Crippen LogP) is 2.23. The molecule has 0 aliphatic carbocycles. The fourth-order valence-electron chi connectivity index (χ4n) is 2.77. The van der Waals surface area contributed by atoms with Crippen molar-refractivity contribution in [1.82, 2.24) is 5.32 Å². The summed E-state index contributed by atoms with van der Waals surface area (Å²) in [6.45, 7) is 1.05. The van der Waals surface area contributed by atoms with E-state index in [-0.39, 0.29) is 6.10 Å². The molecule has 1 saturated heterocycles. The molecule has 2 aromatic rings. The molecule has 1 fully saturated rings. The number of nitrogen functional groups attached to an aromatic ring is 1. The SMILES string of the molecule is Nc1ccc(N(C(=O)C(=O)NCC2CCCO2)c2ccccc2)cc1. The standard InChI is InChI=1S/C19H21N3O3/c20-14-8-10-16(11-9-14)22(15-5-2-1-3-6-15)19(24)18(23)21-13-17-7-4-12-25-17/h1-3,5-6,8-11,17H,4,7,12-13,20H2,(H,21,23). The third-order valence-corrected chi connectivity index (χ3v) is 4.08. The number of rotatable bonds is 4. The maximum absolute atomic E-state index is 12.8. The van der Waals surface area contributed by atoms with Gasteiger partial charge >= 0.3 is 11.8 Å². The first-order valence-electron chi connectivity index (χ1n) is 8.29. The lowest BCUT2D eigenvalue weighted by Crippen LogP contribution is -2.43. The summed E-state index contributed by atoms with van der Waals surface area (Å²) in [5.41, 5.74) is 7.51. The molecule has 3 rings (SSSR count). The molecule has 0 radical (unpaired) electrons. The Kier molecular flexibility index (Phi) is 5.30. The van der Waals surface area contributed by atoms with Crippen molar-refractivity contribution in [1.29, 1.82) is 0 Å². The maximum atomic E-state index is 12.8. The number of para-hydroxylation sites is 1. The normalized spacial score (nSPS) is 16.4. The summed E-state index contributed by atoms with van der Waals surface area (Å²) in [5.74, 6) is -1.30. The second-order valence-corrected chi connectivity index (χ2v) is 5.91. The van der Waals surface area contributed by atoms with Crippen LogP contribution < -0.4 is 16.0 Å². The first kappa shape index (κ1) is 17.0. The third-order valence-electron chi connectivity index (χ3n) is 4.08. The van der Waals surface area contributed by atoms with Crippen LogP contribution in [0.25, 0.3) is 0 Å². The van der Waals surface area contributed by atoms with Crippen LogP contribution in [-0.2, 0) is 14.3 Å². The van der Waals surface area contributed by atoms with Gasteiger partial charge in [-0.25, -0.2) is 0 Å². The van der Waals surface area contributed by atoms with E-state index in [4.69, 9.17) is 10.5 Å². The van der Waals surface area contributed by atoms with E-state index < -0.39 is 11.8 Å². The van der Waals surface area contributed by atoms with Gasteiger partial charge < -0.3 is 15.8 Å². The van der Waals surface area contributed by atoms with Gasteiger partial charge in [-0.15, -0.1) is 0 Å². The second kappa shape index (κ2) is 7.81. The van der Waals surface area contributed by atoms with E-state index in [2.05, 4.69) is 5.32 Å². The Labute approximate surface area is 146 Å². The summed E-state index contributed by atoms with van der Waals surface area (Å²) in [6, 6.07) is 15.9. The van der Waals surface area contributed by atoms with Crippen LogP contribution in [0, 0.1) is 0 Å². The third kappa shape index (κ3) is 4.16. The van der Waals surface area contributed by atoms with Crippen LogP contribution in [0.2, 0.25) is 0 Å². The number of benzene rings is 2. The van der Waals surface area contributed by atoms with Crippen LogP contribution in [0.15, 0.2) is 54.6 Å². The van der Waals surface area contributed by atoms with Gasteiger partial charge in [0.1, 0.15) is 0 Å². The highest BCUT2D eigenvalue weighted by Gasteiger charge is 2.26. The Morgan fingerprint density at radius 1 is 1.08 bits per heavy atom. The Morgan fingerprint density at radius 3 is 2.40 bits per heavy atom. The Morgan fingerprint density at radius 2 is 1.76 bits per heavy atom. The van der Waals surface area contributed by atoms with Gasteiger partial charge in [0.05, 0.1) is 6.10 Å². The Bertz CT molecular complexity index is 725. The van der Waals surface area contributed by atoms with Crippen LogP contribution in [0.3, 0.4) is 0 Å². The van der Waals surface area contributed by atoms with Crippen molar-refractivity contribution < 1.29 is 14.3 Å². The van der Waals surface area contributed by atoms with Crippen molar-refractivity contribution in [2.24, 2.45) is 0 Å². The lowest BCUT2D eigenvalue weighted by atomic mass is 10.2. The molecule has 130 valence electrons. The van der Waals surface area contributed by atoms with Gasteiger partial charge in [-0.1, -0.05) is 18.2 Å². The number of carbonyl (C=O) groups is 2. The molecule has 0 aromatic heterocycles. The van der Waals surface area contributed by atoms with Gasteiger partial charge in [-0.05, 0) is 49.2 Å². The van der Waals surface area contributed by atoms with Gasteiger partial charge in [0.15, 0.2) is 0 Å². The first-order chi connectivity index (χ1) is 12.1. The molecule has 2 aromatic carbocycles. The molecular weight excluding hydrogens is 318 g/mol. The number of nitrogens with zero attached hydrogens (tertiary/aromatic N) is 1. The number of carbonyl (C=O) groups excluding carboxylic acids is 2. The number of nitrogens with two attached hydrogens (primary N) is 1. The molecule has 6 nitrogen and oxygen atoms in total. The molecule has 3 N–H and O–H groups in total. The highest BCUT2D eigenvalue weighted by molar-refractivity contribution is 6.42. The van der Waals surface area contributed by atoms with E-state index in [1.54, 1.807) is 36.4 Å². The van der Waals surface area contributed by atoms with Crippen LogP contribution in [0.4, 0.5) is 17.1 Å². The molecule has 1 unspecified atom stereocenters. The monoisotopic (exact) mass is 339 g/mol. The molecule has 1 heterocycles. The Hall–Kier alpha value is -2.86. The summed E-state index contributed by atoms with van der Waals surface area (Å²) >= 11 is 0. The largest absolute Gasteiger partial charge is 0.399 e. The van der Waals surface area contributed by atoms with Crippen molar-refractivity contribution in [2.45, 2.75) is 18.9 Å². The number of hydrogen-bond acceptors (Lipinski definition) is 4. The van der Waals surface area contributed by atoms with Crippen LogP contribution in [-0.4, -0.2) is 31.1 Å². The molecule has 1 atom stereocenters. The van der Waals surface area contributed by atoms with Crippen LogP contribution >= 0.6 is 0 Å². The average molecular weight is 339 g/mol. The quantitative estimate of drug-likeness (QED) is 0.661. The molecule has 1 aliphatic heterocycles. The highest BCUT2D eigenvalue weighted by atomic mass is 16.5. The van der Waals surface area contributed by atoms with Crippen molar-refractivity contribution >= 4 is 28.9 Å². The van der Waals surface area contributed by atoms with Crippen molar-refractivity contribution in [3.8, 4) is 0 Å².